The Hall–Kier alpha value is -3.70. The Bertz CT molecular complexity index is 1060. The summed E-state index contributed by atoms with van der Waals surface area (Å²) in [5.74, 6) is -1.15. The van der Waals surface area contributed by atoms with Crippen molar-refractivity contribution in [2.24, 2.45) is 5.41 Å². The highest BCUT2D eigenvalue weighted by Crippen LogP contribution is 2.22. The van der Waals surface area contributed by atoms with E-state index in [0.717, 1.165) is 9.36 Å². The number of amides is 2. The molecule has 0 unspecified atom stereocenters. The van der Waals surface area contributed by atoms with E-state index in [1.54, 1.807) is 55.4 Å². The summed E-state index contributed by atoms with van der Waals surface area (Å²) >= 11 is 0. The SMILES string of the molecule is Cc1cc(NC(=O)C(C)(C)C(=O)Nc2cc(C)n(C(=O)OC(C)(C)C)n2)nn1C(=O)OC(C)(C)C. The van der Waals surface area contributed by atoms with E-state index in [9.17, 15) is 19.2 Å². The molecule has 35 heavy (non-hydrogen) atoms. The van der Waals surface area contributed by atoms with Crippen LogP contribution in [0.5, 0.6) is 0 Å². The van der Waals surface area contributed by atoms with E-state index in [2.05, 4.69) is 20.8 Å². The van der Waals surface area contributed by atoms with E-state index in [1.165, 1.54) is 26.0 Å². The van der Waals surface area contributed by atoms with Gasteiger partial charge in [-0.05, 0) is 69.2 Å². The van der Waals surface area contributed by atoms with Crippen LogP contribution in [-0.4, -0.2) is 54.8 Å². The summed E-state index contributed by atoms with van der Waals surface area (Å²) in [6.07, 6.45) is -1.38. The molecular formula is C23H34N6O6. The van der Waals surface area contributed by atoms with Gasteiger partial charge in [0.2, 0.25) is 11.8 Å². The molecule has 0 fully saturated rings. The number of nitrogens with zero attached hydrogens (tertiary/aromatic N) is 4. The molecule has 2 heterocycles. The van der Waals surface area contributed by atoms with Crippen molar-refractivity contribution in [2.45, 2.75) is 80.4 Å². The molecule has 0 aliphatic carbocycles. The summed E-state index contributed by atoms with van der Waals surface area (Å²) in [6.45, 7) is 16.5. The van der Waals surface area contributed by atoms with E-state index in [1.807, 2.05) is 0 Å². The van der Waals surface area contributed by atoms with Crippen LogP contribution in [0.1, 0.15) is 66.8 Å². The lowest BCUT2D eigenvalue weighted by Crippen LogP contribution is -2.41. The van der Waals surface area contributed by atoms with Gasteiger partial charge in [-0.1, -0.05) is 0 Å². The molecule has 2 N–H and O–H groups in total. The number of hydrogen-bond donors (Lipinski definition) is 2. The molecule has 2 aromatic rings. The standard InChI is InChI=1S/C23H34N6O6/c1-13-11-15(26-28(13)19(32)34-21(3,4)5)24-17(30)23(9,10)18(31)25-16-12-14(2)29(27-16)20(33)35-22(6,7)8/h11-12H,1-10H3,(H,24,26,30)(H,25,27,31). The fourth-order valence-electron chi connectivity index (χ4n) is 2.70. The first kappa shape index (κ1) is 27.5. The first-order valence-electron chi connectivity index (χ1n) is 11.0. The average Bonchev–Trinajstić information content (AvgIpc) is 3.20. The molecule has 12 heteroatoms. The van der Waals surface area contributed by atoms with Gasteiger partial charge in [0.25, 0.3) is 0 Å². The number of carbonyl (C=O) groups excluding carboxylic acids is 4. The molecule has 0 saturated heterocycles. The highest BCUT2D eigenvalue weighted by Gasteiger charge is 2.37. The minimum Gasteiger partial charge on any atom is -0.442 e. The Morgan fingerprint density at radius 2 is 1.00 bits per heavy atom. The van der Waals surface area contributed by atoms with Crippen LogP contribution in [-0.2, 0) is 19.1 Å². The molecule has 12 nitrogen and oxygen atoms in total. The quantitative estimate of drug-likeness (QED) is 0.614. The van der Waals surface area contributed by atoms with Crippen LogP contribution in [0, 0.1) is 19.3 Å². The molecule has 2 amide bonds. The van der Waals surface area contributed by atoms with Gasteiger partial charge in [0.1, 0.15) is 16.6 Å². The second-order valence-electron chi connectivity index (χ2n) is 10.7. The van der Waals surface area contributed by atoms with E-state index in [4.69, 9.17) is 9.47 Å². The molecule has 0 aromatic carbocycles. The van der Waals surface area contributed by atoms with Crippen LogP contribution in [0.2, 0.25) is 0 Å². The molecular weight excluding hydrogens is 456 g/mol. The van der Waals surface area contributed by atoms with Crippen molar-refractivity contribution in [1.82, 2.24) is 19.6 Å². The summed E-state index contributed by atoms with van der Waals surface area (Å²) in [5.41, 5.74) is -2.09. The van der Waals surface area contributed by atoms with Gasteiger partial charge in [-0.15, -0.1) is 10.2 Å². The van der Waals surface area contributed by atoms with E-state index in [0.29, 0.717) is 11.4 Å². The zero-order valence-electron chi connectivity index (χ0n) is 21.9. The Morgan fingerprint density at radius 1 is 0.686 bits per heavy atom. The van der Waals surface area contributed by atoms with Gasteiger partial charge >= 0.3 is 12.2 Å². The smallest absolute Gasteiger partial charge is 0.435 e. The molecule has 0 aliphatic rings. The van der Waals surface area contributed by atoms with Crippen molar-refractivity contribution in [3.8, 4) is 0 Å². The Labute approximate surface area is 204 Å². The number of aromatic nitrogens is 4. The fourth-order valence-corrected chi connectivity index (χ4v) is 2.70. The number of aryl methyl sites for hydroxylation is 2. The number of rotatable bonds is 4. The largest absolute Gasteiger partial charge is 0.442 e. The number of nitrogens with one attached hydrogen (secondary N) is 2. The zero-order valence-corrected chi connectivity index (χ0v) is 21.9. The lowest BCUT2D eigenvalue weighted by atomic mass is 9.91. The summed E-state index contributed by atoms with van der Waals surface area (Å²) in [6, 6.07) is 2.98. The highest BCUT2D eigenvalue weighted by molar-refractivity contribution is 6.13. The van der Waals surface area contributed by atoms with Gasteiger partial charge in [-0.2, -0.15) is 9.36 Å². The molecule has 192 valence electrons. The van der Waals surface area contributed by atoms with Gasteiger partial charge in [-0.25, -0.2) is 9.59 Å². The Kier molecular flexibility index (Phi) is 7.48. The second kappa shape index (κ2) is 9.51. The number of anilines is 2. The van der Waals surface area contributed by atoms with E-state index in [-0.39, 0.29) is 11.6 Å². The molecule has 0 aliphatic heterocycles. The van der Waals surface area contributed by atoms with Crippen molar-refractivity contribution in [2.75, 3.05) is 10.6 Å². The highest BCUT2D eigenvalue weighted by atomic mass is 16.6. The molecule has 2 rings (SSSR count). The Balaban J connectivity index is 2.12. The number of hydrogen-bond acceptors (Lipinski definition) is 8. The van der Waals surface area contributed by atoms with Gasteiger partial charge in [0.15, 0.2) is 11.6 Å². The monoisotopic (exact) mass is 490 g/mol. The lowest BCUT2D eigenvalue weighted by Gasteiger charge is -2.21. The van der Waals surface area contributed by atoms with Crippen LogP contribution in [0.4, 0.5) is 21.2 Å². The number of ether oxygens (including phenoxy) is 2. The second-order valence-corrected chi connectivity index (χ2v) is 10.7. The maximum Gasteiger partial charge on any atom is 0.435 e. The van der Waals surface area contributed by atoms with Gasteiger partial charge in [0.05, 0.1) is 0 Å². The summed E-state index contributed by atoms with van der Waals surface area (Å²) in [5, 5.41) is 13.2. The van der Waals surface area contributed by atoms with Crippen LogP contribution in [0.3, 0.4) is 0 Å². The van der Waals surface area contributed by atoms with Crippen LogP contribution in [0.25, 0.3) is 0 Å². The maximum absolute atomic E-state index is 12.9. The third-order valence-electron chi connectivity index (χ3n) is 4.53. The molecule has 2 aromatic heterocycles. The normalized spacial score (nSPS) is 12.2. The minimum atomic E-state index is -1.55. The zero-order chi connectivity index (χ0) is 26.9. The summed E-state index contributed by atoms with van der Waals surface area (Å²) in [4.78, 5) is 50.4. The van der Waals surface area contributed by atoms with Crippen molar-refractivity contribution in [3.05, 3.63) is 23.5 Å². The molecule has 0 bridgehead atoms. The maximum atomic E-state index is 12.9. The Morgan fingerprint density at radius 3 is 1.29 bits per heavy atom. The average molecular weight is 491 g/mol. The van der Waals surface area contributed by atoms with Crippen LogP contribution in [0.15, 0.2) is 12.1 Å². The minimum absolute atomic E-state index is 0.0873. The lowest BCUT2D eigenvalue weighted by molar-refractivity contribution is -0.135. The van der Waals surface area contributed by atoms with Crippen molar-refractivity contribution in [3.63, 3.8) is 0 Å². The predicted molar refractivity (Wildman–Crippen MR) is 128 cm³/mol. The topological polar surface area (TPSA) is 146 Å². The van der Waals surface area contributed by atoms with Crippen molar-refractivity contribution < 1.29 is 28.7 Å². The van der Waals surface area contributed by atoms with Crippen LogP contribution >= 0.6 is 0 Å². The van der Waals surface area contributed by atoms with Crippen molar-refractivity contribution >= 4 is 35.6 Å². The third kappa shape index (κ3) is 7.14. The third-order valence-corrected chi connectivity index (χ3v) is 4.53. The van der Waals surface area contributed by atoms with E-state index < -0.39 is 40.6 Å². The van der Waals surface area contributed by atoms with E-state index >= 15 is 0 Å². The van der Waals surface area contributed by atoms with Gasteiger partial charge in [0, 0.05) is 23.5 Å². The first-order chi connectivity index (χ1) is 15.8. The van der Waals surface area contributed by atoms with Gasteiger partial charge in [-0.3, -0.25) is 9.59 Å². The van der Waals surface area contributed by atoms with Gasteiger partial charge < -0.3 is 20.1 Å². The fraction of sp³-hybridized carbons (Fsp3) is 0.565. The molecule has 0 radical (unpaired) electrons. The first-order valence-corrected chi connectivity index (χ1v) is 11.0. The number of carbonyl (C=O) groups is 4. The summed E-state index contributed by atoms with van der Waals surface area (Å²) < 4.78 is 12.6. The van der Waals surface area contributed by atoms with Crippen LogP contribution < -0.4 is 10.6 Å². The molecule has 0 saturated carbocycles. The molecule has 0 atom stereocenters. The summed E-state index contributed by atoms with van der Waals surface area (Å²) in [7, 11) is 0. The molecule has 0 spiro atoms. The predicted octanol–water partition coefficient (Wildman–Crippen LogP) is 3.87. The van der Waals surface area contributed by atoms with Crippen molar-refractivity contribution in [1.29, 1.82) is 0 Å².